The maximum atomic E-state index is 3.54. The van der Waals surface area contributed by atoms with Gasteiger partial charge in [0.15, 0.2) is 0 Å². The first-order valence-electron chi connectivity index (χ1n) is 8.90. The SMILES string of the molecule is CC1(CN2C[C@H]3CN(Cc4ccccc4)C[C@H]3C2)CCNC1. The van der Waals surface area contributed by atoms with Gasteiger partial charge in [-0.05, 0) is 35.8 Å². The number of hydrogen-bond acceptors (Lipinski definition) is 3. The van der Waals surface area contributed by atoms with Crippen LogP contribution in [0.3, 0.4) is 0 Å². The molecule has 3 aliphatic heterocycles. The van der Waals surface area contributed by atoms with Crippen LogP contribution in [0.25, 0.3) is 0 Å². The molecule has 3 fully saturated rings. The summed E-state index contributed by atoms with van der Waals surface area (Å²) in [5.74, 6) is 1.81. The third kappa shape index (κ3) is 3.08. The van der Waals surface area contributed by atoms with Gasteiger partial charge in [0.25, 0.3) is 0 Å². The van der Waals surface area contributed by atoms with Crippen LogP contribution in [-0.4, -0.2) is 55.6 Å². The summed E-state index contributed by atoms with van der Waals surface area (Å²) in [6.07, 6.45) is 1.35. The van der Waals surface area contributed by atoms with Crippen molar-refractivity contribution >= 4 is 0 Å². The van der Waals surface area contributed by atoms with Crippen LogP contribution >= 0.6 is 0 Å². The molecule has 1 unspecified atom stereocenters. The van der Waals surface area contributed by atoms with E-state index in [1.165, 1.54) is 57.8 Å². The van der Waals surface area contributed by atoms with Crippen LogP contribution in [0, 0.1) is 17.3 Å². The Morgan fingerprint density at radius 1 is 1.05 bits per heavy atom. The zero-order valence-electron chi connectivity index (χ0n) is 13.8. The van der Waals surface area contributed by atoms with Gasteiger partial charge in [-0.1, -0.05) is 37.3 Å². The molecule has 3 aliphatic rings. The smallest absolute Gasteiger partial charge is 0.0233 e. The molecular formula is C19H29N3. The normalized spacial score (nSPS) is 36.0. The maximum absolute atomic E-state index is 3.54. The molecule has 3 saturated heterocycles. The van der Waals surface area contributed by atoms with Gasteiger partial charge in [0, 0.05) is 45.8 Å². The summed E-state index contributed by atoms with van der Waals surface area (Å²) in [7, 11) is 0. The molecule has 0 aliphatic carbocycles. The first-order chi connectivity index (χ1) is 10.7. The van der Waals surface area contributed by atoms with Gasteiger partial charge >= 0.3 is 0 Å². The molecule has 4 rings (SSSR count). The van der Waals surface area contributed by atoms with Crippen molar-refractivity contribution in [3.63, 3.8) is 0 Å². The van der Waals surface area contributed by atoms with E-state index in [1.807, 2.05) is 0 Å². The number of benzene rings is 1. The molecule has 3 heteroatoms. The zero-order valence-corrected chi connectivity index (χ0v) is 13.8. The average molecular weight is 299 g/mol. The highest BCUT2D eigenvalue weighted by molar-refractivity contribution is 5.15. The lowest BCUT2D eigenvalue weighted by Gasteiger charge is -2.30. The van der Waals surface area contributed by atoms with Crippen molar-refractivity contribution in [3.05, 3.63) is 35.9 Å². The third-order valence-electron chi connectivity index (χ3n) is 5.95. The highest BCUT2D eigenvalue weighted by atomic mass is 15.2. The molecule has 1 aromatic rings. The Bertz CT molecular complexity index is 481. The standard InChI is InChI=1S/C19H29N3/c1-19(7-8-20-14-19)15-22-12-17-10-21(11-18(17)13-22)9-16-5-3-2-4-6-16/h2-6,17-18,20H,7-15H2,1H3/t17-,18+,19?. The second kappa shape index (κ2) is 5.95. The largest absolute Gasteiger partial charge is 0.316 e. The van der Waals surface area contributed by atoms with Gasteiger partial charge in [-0.25, -0.2) is 0 Å². The van der Waals surface area contributed by atoms with Gasteiger partial charge in [-0.15, -0.1) is 0 Å². The Morgan fingerprint density at radius 2 is 1.73 bits per heavy atom. The first kappa shape index (κ1) is 14.7. The van der Waals surface area contributed by atoms with Crippen LogP contribution in [0.4, 0.5) is 0 Å². The van der Waals surface area contributed by atoms with Gasteiger partial charge in [-0.3, -0.25) is 4.90 Å². The molecule has 0 bridgehead atoms. The van der Waals surface area contributed by atoms with Crippen molar-refractivity contribution in [1.82, 2.24) is 15.1 Å². The quantitative estimate of drug-likeness (QED) is 0.918. The van der Waals surface area contributed by atoms with E-state index in [2.05, 4.69) is 52.4 Å². The molecule has 120 valence electrons. The minimum absolute atomic E-state index is 0.516. The Kier molecular flexibility index (Phi) is 3.97. The summed E-state index contributed by atoms with van der Waals surface area (Å²) in [5, 5.41) is 3.54. The van der Waals surface area contributed by atoms with Crippen molar-refractivity contribution in [2.24, 2.45) is 17.3 Å². The van der Waals surface area contributed by atoms with Crippen LogP contribution in [0.1, 0.15) is 18.9 Å². The molecule has 3 nitrogen and oxygen atoms in total. The molecule has 3 atom stereocenters. The van der Waals surface area contributed by atoms with E-state index in [9.17, 15) is 0 Å². The van der Waals surface area contributed by atoms with Crippen molar-refractivity contribution in [2.45, 2.75) is 19.9 Å². The molecule has 0 radical (unpaired) electrons. The number of rotatable bonds is 4. The fourth-order valence-corrected chi connectivity index (χ4v) is 4.83. The van der Waals surface area contributed by atoms with Crippen LogP contribution in [0.2, 0.25) is 0 Å². The predicted octanol–water partition coefficient (Wildman–Crippen LogP) is 2.05. The van der Waals surface area contributed by atoms with Gasteiger partial charge in [-0.2, -0.15) is 0 Å². The summed E-state index contributed by atoms with van der Waals surface area (Å²) < 4.78 is 0. The third-order valence-corrected chi connectivity index (χ3v) is 5.95. The highest BCUT2D eigenvalue weighted by Crippen LogP contribution is 2.35. The maximum Gasteiger partial charge on any atom is 0.0233 e. The molecule has 1 aromatic carbocycles. The second-order valence-corrected chi connectivity index (χ2v) is 8.13. The van der Waals surface area contributed by atoms with Gasteiger partial charge in [0.05, 0.1) is 0 Å². The lowest BCUT2D eigenvalue weighted by Crippen LogP contribution is -2.38. The second-order valence-electron chi connectivity index (χ2n) is 8.13. The van der Waals surface area contributed by atoms with Crippen LogP contribution in [0.5, 0.6) is 0 Å². The minimum atomic E-state index is 0.516. The fraction of sp³-hybridized carbons (Fsp3) is 0.684. The topological polar surface area (TPSA) is 18.5 Å². The van der Waals surface area contributed by atoms with E-state index in [0.717, 1.165) is 18.4 Å². The number of likely N-dealkylation sites (tertiary alicyclic amines) is 2. The Balaban J connectivity index is 1.29. The Morgan fingerprint density at radius 3 is 2.36 bits per heavy atom. The highest BCUT2D eigenvalue weighted by Gasteiger charge is 2.42. The van der Waals surface area contributed by atoms with Crippen molar-refractivity contribution in [3.8, 4) is 0 Å². The number of hydrogen-bond donors (Lipinski definition) is 1. The summed E-state index contributed by atoms with van der Waals surface area (Å²) in [4.78, 5) is 5.42. The number of nitrogens with zero attached hydrogens (tertiary/aromatic N) is 2. The lowest BCUT2D eigenvalue weighted by atomic mass is 9.89. The number of fused-ring (bicyclic) bond motifs is 1. The summed E-state index contributed by atoms with van der Waals surface area (Å²) >= 11 is 0. The van der Waals surface area contributed by atoms with E-state index in [0.29, 0.717) is 5.41 Å². The van der Waals surface area contributed by atoms with Gasteiger partial charge in [0.2, 0.25) is 0 Å². The molecule has 1 N–H and O–H groups in total. The van der Waals surface area contributed by atoms with Crippen LogP contribution < -0.4 is 5.32 Å². The Labute approximate surface area is 134 Å². The molecular weight excluding hydrogens is 270 g/mol. The first-order valence-corrected chi connectivity index (χ1v) is 8.90. The molecule has 0 saturated carbocycles. The zero-order chi connectivity index (χ0) is 15.0. The fourth-order valence-electron chi connectivity index (χ4n) is 4.83. The Hall–Kier alpha value is -0.900. The van der Waals surface area contributed by atoms with Crippen molar-refractivity contribution in [1.29, 1.82) is 0 Å². The molecule has 22 heavy (non-hydrogen) atoms. The van der Waals surface area contributed by atoms with Crippen LogP contribution in [0.15, 0.2) is 30.3 Å². The van der Waals surface area contributed by atoms with E-state index in [4.69, 9.17) is 0 Å². The summed E-state index contributed by atoms with van der Waals surface area (Å²) in [6, 6.07) is 10.9. The summed E-state index contributed by atoms with van der Waals surface area (Å²) in [6.45, 7) is 12.6. The average Bonchev–Trinajstić information content (AvgIpc) is 3.15. The molecule has 0 spiro atoms. The number of nitrogens with one attached hydrogen (secondary N) is 1. The van der Waals surface area contributed by atoms with E-state index in [1.54, 1.807) is 0 Å². The minimum Gasteiger partial charge on any atom is -0.316 e. The van der Waals surface area contributed by atoms with Gasteiger partial charge < -0.3 is 10.2 Å². The molecule has 0 aromatic heterocycles. The van der Waals surface area contributed by atoms with Crippen LogP contribution in [-0.2, 0) is 6.54 Å². The van der Waals surface area contributed by atoms with E-state index in [-0.39, 0.29) is 0 Å². The van der Waals surface area contributed by atoms with Gasteiger partial charge in [0.1, 0.15) is 0 Å². The lowest BCUT2D eigenvalue weighted by molar-refractivity contribution is 0.183. The summed E-state index contributed by atoms with van der Waals surface area (Å²) in [5.41, 5.74) is 1.98. The predicted molar refractivity (Wildman–Crippen MR) is 90.7 cm³/mol. The van der Waals surface area contributed by atoms with Crippen molar-refractivity contribution < 1.29 is 0 Å². The van der Waals surface area contributed by atoms with E-state index < -0.39 is 0 Å². The monoisotopic (exact) mass is 299 g/mol. The molecule has 0 amide bonds. The molecule has 3 heterocycles. The van der Waals surface area contributed by atoms with E-state index >= 15 is 0 Å². The van der Waals surface area contributed by atoms with Crippen molar-refractivity contribution in [2.75, 3.05) is 45.8 Å².